The number of fused-ring (bicyclic) bond motifs is 1. The van der Waals surface area contributed by atoms with Crippen molar-refractivity contribution in [1.29, 1.82) is 5.26 Å². The first-order chi connectivity index (χ1) is 17.2. The largest absolute Gasteiger partial charge is 0.454 e. The Morgan fingerprint density at radius 2 is 1.78 bits per heavy atom. The molecule has 0 radical (unpaired) electrons. The van der Waals surface area contributed by atoms with Crippen molar-refractivity contribution >= 4 is 11.3 Å². The van der Waals surface area contributed by atoms with E-state index in [9.17, 15) is 32.0 Å². The van der Waals surface area contributed by atoms with Gasteiger partial charge in [0.2, 0.25) is 6.79 Å². The van der Waals surface area contributed by atoms with Crippen LogP contribution in [0.5, 0.6) is 11.5 Å². The predicted molar refractivity (Wildman–Crippen MR) is 121 cm³/mol. The molecule has 5 rings (SSSR count). The zero-order valence-electron chi connectivity index (χ0n) is 18.0. The average molecular weight is 516 g/mol. The third-order valence-electron chi connectivity index (χ3n) is 5.62. The number of thiophene rings is 1. The Bertz CT molecular complexity index is 1600. The molecular weight excluding hydrogens is 503 g/mol. The Morgan fingerprint density at radius 1 is 1.00 bits per heavy atom. The monoisotopic (exact) mass is 516 g/mol. The van der Waals surface area contributed by atoms with Gasteiger partial charge in [-0.3, -0.25) is 4.79 Å². The van der Waals surface area contributed by atoms with Gasteiger partial charge in [-0.25, -0.2) is 8.78 Å². The van der Waals surface area contributed by atoms with Gasteiger partial charge in [0.15, 0.2) is 11.5 Å². The molecule has 2 aromatic heterocycles. The van der Waals surface area contributed by atoms with Crippen LogP contribution in [0.1, 0.15) is 16.7 Å². The summed E-state index contributed by atoms with van der Waals surface area (Å²) in [5.74, 6) is -0.744. The lowest BCUT2D eigenvalue weighted by atomic mass is 10.0. The first-order valence-corrected chi connectivity index (χ1v) is 11.2. The van der Waals surface area contributed by atoms with E-state index in [1.54, 1.807) is 29.6 Å². The van der Waals surface area contributed by atoms with Crippen molar-refractivity contribution in [2.75, 3.05) is 6.79 Å². The Labute approximate surface area is 204 Å². The quantitative estimate of drug-likeness (QED) is 0.304. The van der Waals surface area contributed by atoms with Gasteiger partial charge in [0.25, 0.3) is 5.56 Å². The molecule has 4 aromatic rings. The number of halogens is 5. The number of hydrogen-bond donors (Lipinski definition) is 0. The minimum absolute atomic E-state index is 0.0748. The maximum absolute atomic E-state index is 14.4. The molecule has 0 atom stereocenters. The fourth-order valence-electron chi connectivity index (χ4n) is 3.86. The number of benzene rings is 2. The average Bonchev–Trinajstić information content (AvgIpc) is 3.50. The predicted octanol–water partition coefficient (Wildman–Crippen LogP) is 6.19. The maximum atomic E-state index is 14.4. The van der Waals surface area contributed by atoms with Crippen molar-refractivity contribution in [3.05, 3.63) is 92.6 Å². The summed E-state index contributed by atoms with van der Waals surface area (Å²) >= 11 is 1.07. The van der Waals surface area contributed by atoms with Crippen molar-refractivity contribution in [3.8, 4) is 39.3 Å². The zero-order valence-corrected chi connectivity index (χ0v) is 18.8. The van der Waals surface area contributed by atoms with Crippen LogP contribution in [0.4, 0.5) is 22.0 Å². The van der Waals surface area contributed by atoms with Crippen LogP contribution in [0.25, 0.3) is 21.7 Å². The van der Waals surface area contributed by atoms with Crippen molar-refractivity contribution in [2.45, 2.75) is 12.7 Å². The van der Waals surface area contributed by atoms with E-state index in [0.29, 0.717) is 34.8 Å². The van der Waals surface area contributed by atoms with Gasteiger partial charge in [-0.2, -0.15) is 18.4 Å². The highest BCUT2D eigenvalue weighted by Gasteiger charge is 2.37. The van der Waals surface area contributed by atoms with E-state index in [2.05, 4.69) is 0 Å². The lowest BCUT2D eigenvalue weighted by Gasteiger charge is -2.17. The van der Waals surface area contributed by atoms with Crippen LogP contribution in [0.2, 0.25) is 0 Å². The lowest BCUT2D eigenvalue weighted by Crippen LogP contribution is -2.28. The van der Waals surface area contributed by atoms with Gasteiger partial charge in [0, 0.05) is 11.6 Å². The second-order valence-corrected chi connectivity index (χ2v) is 8.73. The Kier molecular flexibility index (Phi) is 5.76. The molecule has 0 saturated heterocycles. The third-order valence-corrected chi connectivity index (χ3v) is 6.57. The van der Waals surface area contributed by atoms with E-state index in [-0.39, 0.29) is 22.9 Å². The molecule has 0 bridgehead atoms. The Hall–Kier alpha value is -4.17. The third kappa shape index (κ3) is 4.20. The zero-order chi connectivity index (χ0) is 25.6. The van der Waals surface area contributed by atoms with Crippen LogP contribution in [0.15, 0.2) is 58.7 Å². The molecule has 0 fully saturated rings. The highest BCUT2D eigenvalue weighted by Crippen LogP contribution is 2.40. The van der Waals surface area contributed by atoms with Gasteiger partial charge in [-0.15, -0.1) is 11.3 Å². The Morgan fingerprint density at radius 3 is 2.50 bits per heavy atom. The number of rotatable bonds is 4. The molecule has 0 spiro atoms. The van der Waals surface area contributed by atoms with Gasteiger partial charge in [-0.05, 0) is 46.8 Å². The summed E-state index contributed by atoms with van der Waals surface area (Å²) in [6, 6.07) is 11.5. The minimum atomic E-state index is -4.98. The number of pyridine rings is 1. The molecule has 0 amide bonds. The first-order valence-electron chi connectivity index (χ1n) is 10.3. The summed E-state index contributed by atoms with van der Waals surface area (Å²) < 4.78 is 80.5. The molecule has 1 aliphatic rings. The van der Waals surface area contributed by atoms with E-state index in [1.807, 2.05) is 0 Å². The normalized spacial score (nSPS) is 12.6. The van der Waals surface area contributed by atoms with Gasteiger partial charge >= 0.3 is 6.18 Å². The van der Waals surface area contributed by atoms with Crippen molar-refractivity contribution in [2.24, 2.45) is 0 Å². The molecule has 0 aliphatic carbocycles. The second-order valence-electron chi connectivity index (χ2n) is 7.82. The smallest absolute Gasteiger partial charge is 0.417 e. The van der Waals surface area contributed by atoms with Crippen molar-refractivity contribution in [3.63, 3.8) is 0 Å². The molecule has 5 nitrogen and oxygen atoms in total. The molecule has 182 valence electrons. The molecule has 11 heteroatoms. The number of ether oxygens (including phenoxy) is 2. The standard InChI is InChI=1S/C25H13F5N2O3S/c26-16-3-1-14(19(27)7-16)10-32-20(8-18(25(28,29)30)17(9-31)24(32)33)23-6-15(11-36-23)13-2-4-21-22(5-13)35-12-34-21/h1-8,11H,10,12H2. The number of nitriles is 1. The fraction of sp³-hybridized carbons (Fsp3) is 0.120. The Balaban J connectivity index is 1.67. The second kappa shape index (κ2) is 8.80. The summed E-state index contributed by atoms with van der Waals surface area (Å²) in [5, 5.41) is 11.0. The van der Waals surface area contributed by atoms with Crippen molar-refractivity contribution < 1.29 is 31.4 Å². The van der Waals surface area contributed by atoms with Gasteiger partial charge < -0.3 is 14.0 Å². The number of aromatic nitrogens is 1. The van der Waals surface area contributed by atoms with Crippen LogP contribution in [-0.2, 0) is 12.7 Å². The highest BCUT2D eigenvalue weighted by atomic mass is 32.1. The highest BCUT2D eigenvalue weighted by molar-refractivity contribution is 7.14. The molecule has 36 heavy (non-hydrogen) atoms. The van der Waals surface area contributed by atoms with Crippen molar-refractivity contribution in [1.82, 2.24) is 4.57 Å². The van der Waals surface area contributed by atoms with Gasteiger partial charge in [-0.1, -0.05) is 12.1 Å². The first kappa shape index (κ1) is 23.6. The van der Waals surface area contributed by atoms with E-state index >= 15 is 0 Å². The number of hydrogen-bond acceptors (Lipinski definition) is 5. The van der Waals surface area contributed by atoms with Crippen LogP contribution >= 0.6 is 11.3 Å². The number of alkyl halides is 3. The summed E-state index contributed by atoms with van der Waals surface area (Å²) in [6.07, 6.45) is -4.98. The van der Waals surface area contributed by atoms with Crippen LogP contribution < -0.4 is 15.0 Å². The summed E-state index contributed by atoms with van der Waals surface area (Å²) in [5.41, 5.74) is -2.68. The topological polar surface area (TPSA) is 64.2 Å². The SMILES string of the molecule is N#Cc1c(C(F)(F)F)cc(-c2cc(-c3ccc4c(c3)OCO4)cs2)n(Cc2ccc(F)cc2F)c1=O. The minimum Gasteiger partial charge on any atom is -0.454 e. The lowest BCUT2D eigenvalue weighted by molar-refractivity contribution is -0.137. The molecule has 0 unspecified atom stereocenters. The van der Waals surface area contributed by atoms with E-state index in [1.165, 1.54) is 6.07 Å². The molecule has 0 saturated carbocycles. The molecular formula is C25H13F5N2O3S. The van der Waals surface area contributed by atoms with Gasteiger partial charge in [0.05, 0.1) is 22.7 Å². The van der Waals surface area contributed by atoms with Gasteiger partial charge in [0.1, 0.15) is 23.3 Å². The summed E-state index contributed by atoms with van der Waals surface area (Å²) in [6.45, 7) is -0.435. The van der Waals surface area contributed by atoms with E-state index < -0.39 is 41.0 Å². The summed E-state index contributed by atoms with van der Waals surface area (Å²) in [7, 11) is 0. The maximum Gasteiger partial charge on any atom is 0.417 e. The molecule has 1 aliphatic heterocycles. The van der Waals surface area contributed by atoms with Crippen LogP contribution in [0.3, 0.4) is 0 Å². The molecule has 2 aromatic carbocycles. The van der Waals surface area contributed by atoms with Crippen LogP contribution in [-0.4, -0.2) is 11.4 Å². The fourth-order valence-corrected chi connectivity index (χ4v) is 4.80. The molecule has 0 N–H and O–H groups in total. The van der Waals surface area contributed by atoms with E-state index in [0.717, 1.165) is 28.0 Å². The van der Waals surface area contributed by atoms with E-state index in [4.69, 9.17) is 9.47 Å². The summed E-state index contributed by atoms with van der Waals surface area (Å²) in [4.78, 5) is 13.3. The number of nitrogens with zero attached hydrogens (tertiary/aromatic N) is 2. The van der Waals surface area contributed by atoms with Crippen LogP contribution in [0, 0.1) is 23.0 Å². The molecule has 3 heterocycles.